The van der Waals surface area contributed by atoms with E-state index < -0.39 is 11.7 Å². The molecule has 0 bridgehead atoms. The lowest BCUT2D eigenvalue weighted by Crippen LogP contribution is -2.16. The summed E-state index contributed by atoms with van der Waals surface area (Å²) in [7, 11) is 0. The molecule has 2 rings (SSSR count). The summed E-state index contributed by atoms with van der Waals surface area (Å²) in [5.74, 6) is 0. The van der Waals surface area contributed by atoms with E-state index in [0.29, 0.717) is 25.0 Å². The van der Waals surface area contributed by atoms with Gasteiger partial charge in [0, 0.05) is 0 Å². The summed E-state index contributed by atoms with van der Waals surface area (Å²) in [6.45, 7) is 0.486. The Balaban J connectivity index is 2.37. The Kier molecular flexibility index (Phi) is 3.75. The van der Waals surface area contributed by atoms with Crippen LogP contribution in [-0.4, -0.2) is 12.8 Å². The zero-order valence-electron chi connectivity index (χ0n) is 9.70. The largest absolute Gasteiger partial charge is 0.501 e. The molecule has 1 aromatic carbocycles. The molecule has 0 saturated carbocycles. The van der Waals surface area contributed by atoms with E-state index in [1.54, 1.807) is 30.3 Å². The third kappa shape index (κ3) is 3.15. The molecule has 0 unspecified atom stereocenters. The minimum atomic E-state index is -4.36. The molecule has 0 saturated heterocycles. The first kappa shape index (κ1) is 12.7. The number of ether oxygens (including phenoxy) is 1. The van der Waals surface area contributed by atoms with Gasteiger partial charge >= 0.3 is 6.18 Å². The monoisotopic (exact) mass is 254 g/mol. The van der Waals surface area contributed by atoms with Crippen molar-refractivity contribution in [2.24, 2.45) is 0 Å². The maximum atomic E-state index is 13.0. The molecule has 1 heterocycles. The van der Waals surface area contributed by atoms with Crippen LogP contribution in [0.1, 0.15) is 18.4 Å². The lowest BCUT2D eigenvalue weighted by atomic mass is 9.98. The van der Waals surface area contributed by atoms with Crippen molar-refractivity contribution in [1.29, 1.82) is 0 Å². The second kappa shape index (κ2) is 5.29. The van der Waals surface area contributed by atoms with Crippen molar-refractivity contribution in [2.45, 2.75) is 19.0 Å². The quantitative estimate of drug-likeness (QED) is 0.763. The van der Waals surface area contributed by atoms with Crippen LogP contribution in [0, 0.1) is 0 Å². The van der Waals surface area contributed by atoms with Gasteiger partial charge in [0.1, 0.15) is 0 Å². The number of allylic oxidation sites excluding steroid dienone is 2. The summed E-state index contributed by atoms with van der Waals surface area (Å²) in [6.07, 6.45) is -0.944. The molecule has 0 radical (unpaired) electrons. The molecule has 1 aromatic rings. The smallest absolute Gasteiger partial charge is 0.416 e. The first-order valence-corrected chi connectivity index (χ1v) is 5.72. The number of alkyl halides is 3. The van der Waals surface area contributed by atoms with Gasteiger partial charge in [-0.25, -0.2) is 0 Å². The molecule has 96 valence electrons. The van der Waals surface area contributed by atoms with Crippen LogP contribution in [0.5, 0.6) is 0 Å². The van der Waals surface area contributed by atoms with Gasteiger partial charge in [0.15, 0.2) is 0 Å². The van der Waals surface area contributed by atoms with E-state index in [2.05, 4.69) is 0 Å². The van der Waals surface area contributed by atoms with Crippen molar-refractivity contribution >= 4 is 6.08 Å². The van der Waals surface area contributed by atoms with E-state index in [-0.39, 0.29) is 5.57 Å². The summed E-state index contributed by atoms with van der Waals surface area (Å²) < 4.78 is 44.1. The van der Waals surface area contributed by atoms with Crippen molar-refractivity contribution in [3.05, 3.63) is 53.3 Å². The lowest BCUT2D eigenvalue weighted by molar-refractivity contribution is -0.0892. The van der Waals surface area contributed by atoms with Crippen LogP contribution in [0.4, 0.5) is 13.2 Å². The van der Waals surface area contributed by atoms with Crippen LogP contribution < -0.4 is 0 Å². The Bertz CT molecular complexity index is 458. The van der Waals surface area contributed by atoms with Gasteiger partial charge in [0.05, 0.1) is 18.4 Å². The van der Waals surface area contributed by atoms with Crippen LogP contribution in [0.2, 0.25) is 0 Å². The number of benzene rings is 1. The summed E-state index contributed by atoms with van der Waals surface area (Å²) in [4.78, 5) is 0. The molecule has 0 aliphatic carbocycles. The van der Waals surface area contributed by atoms with E-state index in [0.717, 1.165) is 0 Å². The number of hydrogen-bond donors (Lipinski definition) is 0. The molecule has 1 aliphatic heterocycles. The number of hydrogen-bond acceptors (Lipinski definition) is 1. The van der Waals surface area contributed by atoms with Crippen LogP contribution in [-0.2, 0) is 4.74 Å². The number of halogens is 3. The molecule has 0 amide bonds. The molecular weight excluding hydrogens is 241 g/mol. The average Bonchev–Trinajstić information content (AvgIpc) is 2.37. The van der Waals surface area contributed by atoms with Gasteiger partial charge in [-0.3, -0.25) is 0 Å². The molecule has 1 nitrogen and oxygen atoms in total. The van der Waals surface area contributed by atoms with Crippen molar-refractivity contribution in [3.63, 3.8) is 0 Å². The van der Waals surface area contributed by atoms with Gasteiger partial charge in [-0.05, 0) is 30.1 Å². The third-order valence-electron chi connectivity index (χ3n) is 2.70. The minimum Gasteiger partial charge on any atom is -0.501 e. The van der Waals surface area contributed by atoms with Gasteiger partial charge in [0.25, 0.3) is 0 Å². The standard InChI is InChI=1S/C14H13F3O/c15-14(16,17)13(12-7-4-8-18-10-12)9-11-5-2-1-3-6-11/h1-3,5-6,9-10H,4,7-8H2/b13-9+. The molecule has 0 atom stereocenters. The minimum absolute atomic E-state index is 0.220. The first-order valence-electron chi connectivity index (χ1n) is 5.72. The molecule has 1 aliphatic rings. The second-order valence-corrected chi connectivity index (χ2v) is 4.08. The summed E-state index contributed by atoms with van der Waals surface area (Å²) in [6, 6.07) is 8.50. The Morgan fingerprint density at radius 2 is 1.89 bits per heavy atom. The Labute approximate surface area is 104 Å². The first-order chi connectivity index (χ1) is 8.57. The predicted octanol–water partition coefficient (Wildman–Crippen LogP) is 4.33. The Morgan fingerprint density at radius 3 is 2.44 bits per heavy atom. The second-order valence-electron chi connectivity index (χ2n) is 4.08. The fourth-order valence-electron chi connectivity index (χ4n) is 1.84. The normalized spacial score (nSPS) is 17.1. The highest BCUT2D eigenvalue weighted by atomic mass is 19.4. The highest BCUT2D eigenvalue weighted by Gasteiger charge is 2.36. The van der Waals surface area contributed by atoms with E-state index in [1.807, 2.05) is 0 Å². The maximum Gasteiger partial charge on any atom is 0.416 e. The SMILES string of the molecule is FC(F)(F)/C(=C/c1ccccc1)C1=COCCC1. The van der Waals surface area contributed by atoms with Gasteiger partial charge < -0.3 is 4.74 Å². The molecule has 18 heavy (non-hydrogen) atoms. The fraction of sp³-hybridized carbons (Fsp3) is 0.286. The average molecular weight is 254 g/mol. The molecule has 0 aromatic heterocycles. The zero-order chi connectivity index (χ0) is 13.0. The topological polar surface area (TPSA) is 9.23 Å². The predicted molar refractivity (Wildman–Crippen MR) is 63.7 cm³/mol. The fourth-order valence-corrected chi connectivity index (χ4v) is 1.84. The van der Waals surface area contributed by atoms with Crippen LogP contribution in [0.15, 0.2) is 47.7 Å². The van der Waals surface area contributed by atoms with Gasteiger partial charge in [-0.15, -0.1) is 0 Å². The van der Waals surface area contributed by atoms with Crippen molar-refractivity contribution in [3.8, 4) is 0 Å². The van der Waals surface area contributed by atoms with E-state index in [9.17, 15) is 13.2 Å². The molecule has 4 heteroatoms. The van der Waals surface area contributed by atoms with Crippen LogP contribution in [0.25, 0.3) is 6.08 Å². The molecule has 0 fully saturated rings. The van der Waals surface area contributed by atoms with Crippen molar-refractivity contribution in [2.75, 3.05) is 6.61 Å². The van der Waals surface area contributed by atoms with Crippen molar-refractivity contribution < 1.29 is 17.9 Å². The Hall–Kier alpha value is -1.71. The van der Waals surface area contributed by atoms with E-state index in [4.69, 9.17) is 4.74 Å². The van der Waals surface area contributed by atoms with E-state index >= 15 is 0 Å². The van der Waals surface area contributed by atoms with Gasteiger partial charge in [-0.2, -0.15) is 13.2 Å². The lowest BCUT2D eigenvalue weighted by Gasteiger charge is -2.19. The third-order valence-corrected chi connectivity index (χ3v) is 2.70. The zero-order valence-corrected chi connectivity index (χ0v) is 9.70. The maximum absolute atomic E-state index is 13.0. The summed E-state index contributed by atoms with van der Waals surface area (Å²) >= 11 is 0. The molecule has 0 N–H and O–H groups in total. The number of rotatable bonds is 2. The summed E-state index contributed by atoms with van der Waals surface area (Å²) in [5, 5.41) is 0. The molecule has 0 spiro atoms. The highest BCUT2D eigenvalue weighted by molar-refractivity contribution is 5.60. The van der Waals surface area contributed by atoms with Crippen LogP contribution in [0.3, 0.4) is 0 Å². The molecular formula is C14H13F3O. The van der Waals surface area contributed by atoms with Crippen LogP contribution >= 0.6 is 0 Å². The van der Waals surface area contributed by atoms with Crippen molar-refractivity contribution in [1.82, 2.24) is 0 Å². The van der Waals surface area contributed by atoms with Gasteiger partial charge in [0.2, 0.25) is 0 Å². The Morgan fingerprint density at radius 1 is 1.17 bits per heavy atom. The van der Waals surface area contributed by atoms with E-state index in [1.165, 1.54) is 12.3 Å². The van der Waals surface area contributed by atoms with Gasteiger partial charge in [-0.1, -0.05) is 30.3 Å². The highest BCUT2D eigenvalue weighted by Crippen LogP contribution is 2.35. The summed E-state index contributed by atoms with van der Waals surface area (Å²) in [5.41, 5.74) is 0.141.